The van der Waals surface area contributed by atoms with Crippen molar-refractivity contribution in [1.82, 2.24) is 10.0 Å². The zero-order valence-corrected chi connectivity index (χ0v) is 11.2. The largest absolute Gasteiger partial charge is 0.317 e. The zero-order chi connectivity index (χ0) is 11.6. The lowest BCUT2D eigenvalue weighted by atomic mass is 9.75. The van der Waals surface area contributed by atoms with Gasteiger partial charge in [-0.15, -0.1) is 0 Å². The fourth-order valence-corrected chi connectivity index (χ4v) is 4.04. The van der Waals surface area contributed by atoms with Crippen LogP contribution in [0.3, 0.4) is 0 Å². The highest BCUT2D eigenvalue weighted by atomic mass is 32.2. The van der Waals surface area contributed by atoms with Crippen LogP contribution in [0.1, 0.15) is 46.0 Å². The molecular weight excluding hydrogens is 220 g/mol. The highest BCUT2D eigenvalue weighted by Crippen LogP contribution is 2.45. The Bertz CT molecular complexity index is 262. The lowest BCUT2D eigenvalue weighted by Gasteiger charge is -2.39. The first kappa shape index (κ1) is 12.5. The molecule has 1 unspecified atom stereocenters. The van der Waals surface area contributed by atoms with E-state index in [2.05, 4.69) is 10.0 Å². The third kappa shape index (κ3) is 2.49. The van der Waals surface area contributed by atoms with Crippen molar-refractivity contribution >= 4 is 11.0 Å². The minimum Gasteiger partial charge on any atom is -0.317 e. The zero-order valence-electron chi connectivity index (χ0n) is 10.4. The Morgan fingerprint density at radius 3 is 2.62 bits per heavy atom. The summed E-state index contributed by atoms with van der Waals surface area (Å²) < 4.78 is 15.3. The molecule has 1 aliphatic carbocycles. The monoisotopic (exact) mass is 244 g/mol. The van der Waals surface area contributed by atoms with Crippen LogP contribution in [0.15, 0.2) is 0 Å². The highest BCUT2D eigenvalue weighted by molar-refractivity contribution is 7.83. The topological polar surface area (TPSA) is 41.1 Å². The summed E-state index contributed by atoms with van der Waals surface area (Å²) in [5.41, 5.74) is 0.440. The van der Waals surface area contributed by atoms with Gasteiger partial charge in [0, 0.05) is 11.3 Å². The summed E-state index contributed by atoms with van der Waals surface area (Å²) >= 11 is 0. The van der Waals surface area contributed by atoms with Crippen molar-refractivity contribution in [1.29, 1.82) is 0 Å². The molecule has 2 atom stereocenters. The molecule has 0 amide bonds. The third-order valence-electron chi connectivity index (χ3n) is 4.19. The van der Waals surface area contributed by atoms with Crippen LogP contribution in [0.25, 0.3) is 0 Å². The van der Waals surface area contributed by atoms with E-state index in [1.807, 2.05) is 13.8 Å². The Hall–Kier alpha value is 0.0700. The average Bonchev–Trinajstić information content (AvgIpc) is 2.62. The molecule has 2 N–H and O–H groups in total. The highest BCUT2D eigenvalue weighted by Gasteiger charge is 2.43. The van der Waals surface area contributed by atoms with Gasteiger partial charge in [0.1, 0.15) is 0 Å². The molecule has 1 saturated heterocycles. The molecule has 2 rings (SSSR count). The van der Waals surface area contributed by atoms with E-state index in [1.165, 1.54) is 32.1 Å². The molecule has 16 heavy (non-hydrogen) atoms. The number of piperidine rings is 1. The van der Waals surface area contributed by atoms with E-state index in [-0.39, 0.29) is 5.25 Å². The fraction of sp³-hybridized carbons (Fsp3) is 1.00. The summed E-state index contributed by atoms with van der Waals surface area (Å²) in [5.74, 6) is 0. The Balaban J connectivity index is 1.99. The van der Waals surface area contributed by atoms with Crippen molar-refractivity contribution in [2.24, 2.45) is 5.41 Å². The van der Waals surface area contributed by atoms with Crippen LogP contribution >= 0.6 is 0 Å². The lowest BCUT2D eigenvalue weighted by Crippen LogP contribution is -2.48. The molecule has 0 aromatic carbocycles. The van der Waals surface area contributed by atoms with Gasteiger partial charge < -0.3 is 5.32 Å². The summed E-state index contributed by atoms with van der Waals surface area (Å²) in [6.07, 6.45) is 6.33. The van der Waals surface area contributed by atoms with Gasteiger partial charge in [0.25, 0.3) is 0 Å². The van der Waals surface area contributed by atoms with Gasteiger partial charge in [0.15, 0.2) is 0 Å². The van der Waals surface area contributed by atoms with Crippen LogP contribution in [0.5, 0.6) is 0 Å². The maximum atomic E-state index is 11.9. The standard InChI is InChI=1S/C12H24N2OS/c1-10(2)16(15)14-11-4-3-5-12(11)6-8-13-9-7-12/h10-11,13-14H,3-9H2,1-2H3/t11-,16?/m1/s1. The normalized spacial score (nSPS) is 31.1. The van der Waals surface area contributed by atoms with Crippen molar-refractivity contribution in [3.63, 3.8) is 0 Å². The Morgan fingerprint density at radius 1 is 1.31 bits per heavy atom. The van der Waals surface area contributed by atoms with E-state index < -0.39 is 11.0 Å². The number of rotatable bonds is 3. The predicted molar refractivity (Wildman–Crippen MR) is 68.6 cm³/mol. The van der Waals surface area contributed by atoms with Gasteiger partial charge in [0.2, 0.25) is 0 Å². The van der Waals surface area contributed by atoms with E-state index in [0.29, 0.717) is 11.5 Å². The first-order chi connectivity index (χ1) is 7.64. The van der Waals surface area contributed by atoms with Crippen LogP contribution in [-0.4, -0.2) is 28.6 Å². The minimum atomic E-state index is -0.860. The van der Waals surface area contributed by atoms with Crippen LogP contribution < -0.4 is 10.0 Å². The van der Waals surface area contributed by atoms with E-state index in [4.69, 9.17) is 0 Å². The Labute approximate surface area is 101 Å². The van der Waals surface area contributed by atoms with Gasteiger partial charge in [-0.1, -0.05) is 6.42 Å². The number of hydrogen-bond donors (Lipinski definition) is 2. The van der Waals surface area contributed by atoms with Crippen molar-refractivity contribution < 1.29 is 4.21 Å². The van der Waals surface area contributed by atoms with Gasteiger partial charge in [0.05, 0.1) is 11.0 Å². The molecule has 2 fully saturated rings. The molecule has 2 aliphatic rings. The lowest BCUT2D eigenvalue weighted by molar-refractivity contribution is 0.175. The van der Waals surface area contributed by atoms with Crippen molar-refractivity contribution in [3.8, 4) is 0 Å². The van der Waals surface area contributed by atoms with Crippen LogP contribution in [0.4, 0.5) is 0 Å². The molecule has 94 valence electrons. The SMILES string of the molecule is CC(C)S(=O)N[C@@H]1CCCC12CCNCC2. The summed E-state index contributed by atoms with van der Waals surface area (Å²) in [6, 6.07) is 0.484. The van der Waals surface area contributed by atoms with E-state index in [1.54, 1.807) is 0 Å². The predicted octanol–water partition coefficient (Wildman–Crippen LogP) is 1.57. The first-order valence-corrected chi connectivity index (χ1v) is 7.73. The maximum absolute atomic E-state index is 11.9. The Kier molecular flexibility index (Phi) is 4.03. The molecule has 0 aromatic rings. The molecule has 1 aliphatic heterocycles. The summed E-state index contributed by atoms with van der Waals surface area (Å²) in [6.45, 7) is 6.30. The molecule has 0 bridgehead atoms. The third-order valence-corrected chi connectivity index (χ3v) is 5.57. The van der Waals surface area contributed by atoms with Gasteiger partial charge >= 0.3 is 0 Å². The quantitative estimate of drug-likeness (QED) is 0.791. The minimum absolute atomic E-state index is 0.222. The summed E-state index contributed by atoms with van der Waals surface area (Å²) in [7, 11) is -0.860. The molecule has 3 nitrogen and oxygen atoms in total. The molecule has 1 saturated carbocycles. The maximum Gasteiger partial charge on any atom is 0.0944 e. The van der Waals surface area contributed by atoms with Crippen molar-refractivity contribution in [2.75, 3.05) is 13.1 Å². The molecular formula is C12H24N2OS. The molecule has 0 aromatic heterocycles. The van der Waals surface area contributed by atoms with E-state index in [0.717, 1.165) is 13.1 Å². The summed E-state index contributed by atoms with van der Waals surface area (Å²) in [4.78, 5) is 0. The van der Waals surface area contributed by atoms with Crippen molar-refractivity contribution in [2.45, 2.75) is 57.2 Å². The van der Waals surface area contributed by atoms with E-state index >= 15 is 0 Å². The second-order valence-corrected chi connectivity index (χ2v) is 7.29. The van der Waals surface area contributed by atoms with Gasteiger partial charge in [-0.2, -0.15) is 0 Å². The molecule has 0 radical (unpaired) electrons. The Morgan fingerprint density at radius 2 is 2.00 bits per heavy atom. The average molecular weight is 244 g/mol. The molecule has 1 spiro atoms. The van der Waals surface area contributed by atoms with E-state index in [9.17, 15) is 4.21 Å². The van der Waals surface area contributed by atoms with Gasteiger partial charge in [-0.05, 0) is 58.0 Å². The first-order valence-electron chi connectivity index (χ1n) is 6.51. The van der Waals surface area contributed by atoms with Crippen molar-refractivity contribution in [3.05, 3.63) is 0 Å². The number of hydrogen-bond acceptors (Lipinski definition) is 2. The van der Waals surface area contributed by atoms with Crippen LogP contribution in [0, 0.1) is 5.41 Å². The molecule has 4 heteroatoms. The summed E-state index contributed by atoms with van der Waals surface area (Å²) in [5, 5.41) is 3.65. The second kappa shape index (κ2) is 5.15. The van der Waals surface area contributed by atoms with Gasteiger partial charge in [-0.3, -0.25) is 0 Å². The van der Waals surface area contributed by atoms with Crippen LogP contribution in [-0.2, 0) is 11.0 Å². The van der Waals surface area contributed by atoms with Crippen LogP contribution in [0.2, 0.25) is 0 Å². The van der Waals surface area contributed by atoms with Gasteiger partial charge in [-0.25, -0.2) is 8.93 Å². The second-order valence-electron chi connectivity index (χ2n) is 5.52. The fourth-order valence-electron chi connectivity index (χ4n) is 3.12. The smallest absolute Gasteiger partial charge is 0.0944 e. The number of nitrogens with one attached hydrogen (secondary N) is 2. The molecule has 1 heterocycles.